The van der Waals surface area contributed by atoms with Gasteiger partial charge >= 0.3 is 5.97 Å². The van der Waals surface area contributed by atoms with E-state index in [0.29, 0.717) is 19.4 Å². The van der Waals surface area contributed by atoms with Gasteiger partial charge in [0.2, 0.25) is 11.8 Å². The number of hydrogen-bond acceptors (Lipinski definition) is 5. The van der Waals surface area contributed by atoms with Crippen LogP contribution in [0.4, 0.5) is 0 Å². The molecule has 3 unspecified atom stereocenters. The third-order valence-corrected chi connectivity index (χ3v) is 9.22. The fraction of sp³-hybridized carbons (Fsp3) is 0.815. The van der Waals surface area contributed by atoms with Gasteiger partial charge in [0.15, 0.2) is 0 Å². The molecular weight excluding hydrogens is 448 g/mol. The molecule has 4 aliphatic rings. The molecule has 35 heavy (non-hydrogen) atoms. The van der Waals surface area contributed by atoms with Gasteiger partial charge in [0, 0.05) is 12.6 Å². The summed E-state index contributed by atoms with van der Waals surface area (Å²) in [6.07, 6.45) is 7.73. The maximum absolute atomic E-state index is 14.5. The van der Waals surface area contributed by atoms with E-state index in [-0.39, 0.29) is 36.3 Å². The first kappa shape index (κ1) is 26.1. The Morgan fingerprint density at radius 3 is 2.49 bits per heavy atom. The number of carbonyl (C=O) groups excluding carboxylic acids is 2. The van der Waals surface area contributed by atoms with Gasteiger partial charge in [0.05, 0.1) is 24.2 Å². The second-order valence-corrected chi connectivity index (χ2v) is 11.8. The van der Waals surface area contributed by atoms with Gasteiger partial charge in [-0.1, -0.05) is 46.1 Å². The molecule has 1 saturated carbocycles. The second kappa shape index (κ2) is 9.51. The summed E-state index contributed by atoms with van der Waals surface area (Å²) in [5.74, 6) is -3.53. The molecule has 7 atom stereocenters. The number of fused-ring (bicyclic) bond motifs is 1. The summed E-state index contributed by atoms with van der Waals surface area (Å²) in [5, 5.41) is 20.6. The molecule has 0 aromatic rings. The fourth-order valence-electron chi connectivity index (χ4n) is 7.65. The summed E-state index contributed by atoms with van der Waals surface area (Å²) in [6, 6.07) is -1.47. The highest BCUT2D eigenvalue weighted by molar-refractivity contribution is 5.98. The van der Waals surface area contributed by atoms with Crippen molar-refractivity contribution in [2.45, 2.75) is 102 Å². The summed E-state index contributed by atoms with van der Waals surface area (Å²) < 4.78 is 6.61. The van der Waals surface area contributed by atoms with Crippen molar-refractivity contribution in [3.63, 3.8) is 0 Å². The number of aliphatic hydroxyl groups is 1. The molecule has 1 spiro atoms. The molecule has 4 rings (SSSR count). The van der Waals surface area contributed by atoms with E-state index in [2.05, 4.69) is 6.58 Å². The molecule has 0 radical (unpaired) electrons. The first-order chi connectivity index (χ1) is 16.5. The zero-order valence-corrected chi connectivity index (χ0v) is 21.6. The summed E-state index contributed by atoms with van der Waals surface area (Å²) in [4.78, 5) is 44.4. The summed E-state index contributed by atoms with van der Waals surface area (Å²) in [5.41, 5.74) is -2.22. The number of hydrogen-bond donors (Lipinski definition) is 2. The quantitative estimate of drug-likeness (QED) is 0.481. The zero-order valence-electron chi connectivity index (χ0n) is 21.6. The van der Waals surface area contributed by atoms with Gasteiger partial charge in [-0.25, -0.2) is 0 Å². The van der Waals surface area contributed by atoms with E-state index < -0.39 is 41.1 Å². The number of aliphatic hydroxyl groups excluding tert-OH is 1. The Morgan fingerprint density at radius 2 is 1.94 bits per heavy atom. The number of carboxylic acid groups (broad SMARTS) is 1. The Morgan fingerprint density at radius 1 is 1.29 bits per heavy atom. The van der Waals surface area contributed by atoms with Crippen LogP contribution in [0, 0.1) is 23.7 Å². The fourth-order valence-corrected chi connectivity index (χ4v) is 7.65. The van der Waals surface area contributed by atoms with Crippen LogP contribution >= 0.6 is 0 Å². The highest BCUT2D eigenvalue weighted by atomic mass is 16.5. The lowest BCUT2D eigenvalue weighted by Gasteiger charge is -2.42. The number of carboxylic acids is 1. The number of nitrogens with zero attached hydrogens (tertiary/aromatic N) is 2. The standard InChI is InChI=1S/C27H42N2O6/c1-6-12-28(18-10-8-7-9-11-18)24(32)22-27-14-17(4)26(5,35-27)21(25(33)34)20(27)23(31)29(22)19(15-30)13-16(2)3/h6,16-22,30H,1,7-15H2,2-5H3,(H,33,34)/t17?,19-,20+,21-,22?,26+,27?/m1/s1. The number of amides is 2. The van der Waals surface area contributed by atoms with Crippen molar-refractivity contribution in [2.75, 3.05) is 13.2 Å². The van der Waals surface area contributed by atoms with Crippen LogP contribution in [0.2, 0.25) is 0 Å². The Bertz CT molecular complexity index is 870. The third-order valence-electron chi connectivity index (χ3n) is 9.22. The SMILES string of the molecule is C=CCN(C(=O)C1N([C@@H](CO)CC(C)C)C(=O)[C@@H]2[C@H](C(=O)O)[C@@]3(C)OC12CC3C)C1CCCCC1. The Balaban J connectivity index is 1.83. The van der Waals surface area contributed by atoms with Crippen LogP contribution in [0.3, 0.4) is 0 Å². The number of ether oxygens (including phenoxy) is 1. The first-order valence-electron chi connectivity index (χ1n) is 13.3. The predicted octanol–water partition coefficient (Wildman–Crippen LogP) is 2.84. The average Bonchev–Trinajstić information content (AvgIpc) is 3.32. The molecule has 196 valence electrons. The Labute approximate surface area is 208 Å². The number of rotatable bonds is 9. The maximum Gasteiger partial charge on any atom is 0.310 e. The molecule has 1 aliphatic carbocycles. The van der Waals surface area contributed by atoms with Crippen molar-refractivity contribution in [1.82, 2.24) is 9.80 Å². The van der Waals surface area contributed by atoms with Crippen molar-refractivity contribution in [3.8, 4) is 0 Å². The minimum absolute atomic E-state index is 0.0567. The van der Waals surface area contributed by atoms with E-state index in [0.717, 1.165) is 32.1 Å². The maximum atomic E-state index is 14.5. The highest BCUT2D eigenvalue weighted by Gasteiger charge is 2.80. The van der Waals surface area contributed by atoms with Gasteiger partial charge in [0.25, 0.3) is 0 Å². The average molecular weight is 491 g/mol. The smallest absolute Gasteiger partial charge is 0.310 e. The minimum Gasteiger partial charge on any atom is -0.481 e. The molecular formula is C27H42N2O6. The highest BCUT2D eigenvalue weighted by Crippen LogP contribution is 2.65. The van der Waals surface area contributed by atoms with Crippen LogP contribution in [0.1, 0.15) is 72.6 Å². The van der Waals surface area contributed by atoms with Gasteiger partial charge in [-0.3, -0.25) is 14.4 Å². The van der Waals surface area contributed by atoms with Gasteiger partial charge < -0.3 is 24.7 Å². The van der Waals surface area contributed by atoms with Gasteiger partial charge in [-0.2, -0.15) is 0 Å². The predicted molar refractivity (Wildman–Crippen MR) is 130 cm³/mol. The lowest BCUT2D eigenvalue weighted by Crippen LogP contribution is -2.60. The molecule has 0 aromatic heterocycles. The van der Waals surface area contributed by atoms with E-state index in [1.165, 1.54) is 4.90 Å². The van der Waals surface area contributed by atoms with Crippen LogP contribution in [0.25, 0.3) is 0 Å². The molecule has 4 fully saturated rings. The van der Waals surface area contributed by atoms with E-state index in [9.17, 15) is 24.6 Å². The van der Waals surface area contributed by atoms with Crippen LogP contribution in [-0.2, 0) is 19.1 Å². The minimum atomic E-state index is -1.20. The van der Waals surface area contributed by atoms with E-state index in [1.807, 2.05) is 25.7 Å². The van der Waals surface area contributed by atoms with Crippen LogP contribution in [0.5, 0.6) is 0 Å². The van der Waals surface area contributed by atoms with Crippen molar-refractivity contribution >= 4 is 17.8 Å². The largest absolute Gasteiger partial charge is 0.481 e. The van der Waals surface area contributed by atoms with Gasteiger partial charge in [-0.15, -0.1) is 6.58 Å². The van der Waals surface area contributed by atoms with E-state index >= 15 is 0 Å². The second-order valence-electron chi connectivity index (χ2n) is 11.8. The molecule has 2 bridgehead atoms. The zero-order chi connectivity index (χ0) is 25.7. The monoisotopic (exact) mass is 490 g/mol. The lowest BCUT2D eigenvalue weighted by atomic mass is 9.62. The first-order valence-corrected chi connectivity index (χ1v) is 13.3. The molecule has 2 amide bonds. The lowest BCUT2D eigenvalue weighted by molar-refractivity contribution is -0.161. The van der Waals surface area contributed by atoms with Crippen molar-refractivity contribution in [1.29, 1.82) is 0 Å². The summed E-state index contributed by atoms with van der Waals surface area (Å²) in [6.45, 7) is 11.7. The van der Waals surface area contributed by atoms with Crippen molar-refractivity contribution in [2.24, 2.45) is 23.7 Å². The van der Waals surface area contributed by atoms with Gasteiger partial charge in [-0.05, 0) is 44.4 Å². The summed E-state index contributed by atoms with van der Waals surface area (Å²) >= 11 is 0. The molecule has 0 aromatic carbocycles. The molecule has 3 aliphatic heterocycles. The van der Waals surface area contributed by atoms with Crippen molar-refractivity contribution < 1.29 is 29.3 Å². The normalized spacial score (nSPS) is 37.5. The third kappa shape index (κ3) is 3.91. The van der Waals surface area contributed by atoms with E-state index in [1.54, 1.807) is 13.0 Å². The Hall–Kier alpha value is -1.93. The van der Waals surface area contributed by atoms with Crippen LogP contribution < -0.4 is 0 Å². The van der Waals surface area contributed by atoms with Crippen LogP contribution in [-0.4, -0.2) is 80.3 Å². The topological polar surface area (TPSA) is 107 Å². The number of carbonyl (C=O) groups is 3. The summed E-state index contributed by atoms with van der Waals surface area (Å²) in [7, 11) is 0. The molecule has 3 saturated heterocycles. The van der Waals surface area contributed by atoms with Crippen LogP contribution in [0.15, 0.2) is 12.7 Å². The number of aliphatic carboxylic acids is 1. The number of likely N-dealkylation sites (tertiary alicyclic amines) is 1. The molecule has 8 nitrogen and oxygen atoms in total. The molecule has 2 N–H and O–H groups in total. The molecule has 3 heterocycles. The molecule has 8 heteroatoms. The van der Waals surface area contributed by atoms with E-state index in [4.69, 9.17) is 4.74 Å². The van der Waals surface area contributed by atoms with Crippen molar-refractivity contribution in [3.05, 3.63) is 12.7 Å². The Kier molecular flexibility index (Phi) is 7.10. The van der Waals surface area contributed by atoms with Gasteiger partial charge in [0.1, 0.15) is 17.6 Å².